The fourth-order valence-electron chi connectivity index (χ4n) is 1.60. The van der Waals surface area contributed by atoms with Crippen molar-refractivity contribution in [1.82, 2.24) is 10.0 Å². The monoisotopic (exact) mass is 344 g/mol. The van der Waals surface area contributed by atoms with Crippen LogP contribution < -0.4 is 0 Å². The van der Waals surface area contributed by atoms with E-state index < -0.39 is 29.4 Å². The van der Waals surface area contributed by atoms with Gasteiger partial charge in [0.15, 0.2) is 0 Å². The Labute approximate surface area is 136 Å². The van der Waals surface area contributed by atoms with Crippen molar-refractivity contribution in [1.29, 1.82) is 0 Å². The second kappa shape index (κ2) is 8.14. The number of aromatic nitrogens is 1. The topological polar surface area (TPSA) is 68.7 Å². The molecule has 0 aliphatic rings. The molecule has 0 unspecified atom stereocenters. The number of nitrogens with zero attached hydrogens (tertiary/aromatic N) is 2. The largest absolute Gasteiger partial charge is 0.539 e. The highest BCUT2D eigenvalue weighted by Crippen LogP contribution is 2.31. The lowest BCUT2D eigenvalue weighted by molar-refractivity contribution is -0.138. The summed E-state index contributed by atoms with van der Waals surface area (Å²) in [5, 5.41) is 0.345. The van der Waals surface area contributed by atoms with Crippen molar-refractivity contribution in [2.45, 2.75) is 20.0 Å². The van der Waals surface area contributed by atoms with Crippen LogP contribution in [0.4, 0.5) is 18.0 Å². The zero-order valence-corrected chi connectivity index (χ0v) is 13.1. The summed E-state index contributed by atoms with van der Waals surface area (Å²) in [5.41, 5.74) is -1.94. The van der Waals surface area contributed by atoms with Crippen LogP contribution in [0.2, 0.25) is 0 Å². The standard InChI is InChI=1S/C15H15F3N2O4/c1-4-6-10(5-2)23-14(22)24-20(3)13(21)11-9-19-8-7-12(11)15(16,17)18/h4-9H,1-3H3/b6-4-,10-5+. The molecule has 9 heteroatoms. The summed E-state index contributed by atoms with van der Waals surface area (Å²) >= 11 is 0. The maximum atomic E-state index is 12.9. The van der Waals surface area contributed by atoms with Gasteiger partial charge in [-0.2, -0.15) is 18.2 Å². The van der Waals surface area contributed by atoms with Gasteiger partial charge in [0.2, 0.25) is 0 Å². The first-order chi connectivity index (χ1) is 11.2. The summed E-state index contributed by atoms with van der Waals surface area (Å²) in [6, 6.07) is 0.656. The molecule has 1 amide bonds. The number of hydroxylamine groups is 2. The van der Waals surface area contributed by atoms with Gasteiger partial charge in [0, 0.05) is 19.4 Å². The third-order valence-electron chi connectivity index (χ3n) is 2.67. The van der Waals surface area contributed by atoms with Gasteiger partial charge in [-0.15, -0.1) is 0 Å². The molecular weight excluding hydrogens is 329 g/mol. The molecule has 1 aromatic rings. The quantitative estimate of drug-likeness (QED) is 0.362. The number of allylic oxidation sites excluding steroid dienone is 3. The number of ether oxygens (including phenoxy) is 1. The number of carbonyl (C=O) groups is 2. The molecule has 130 valence electrons. The van der Waals surface area contributed by atoms with E-state index in [2.05, 4.69) is 9.82 Å². The van der Waals surface area contributed by atoms with Crippen molar-refractivity contribution < 1.29 is 32.3 Å². The van der Waals surface area contributed by atoms with E-state index in [0.29, 0.717) is 11.1 Å². The van der Waals surface area contributed by atoms with Crippen molar-refractivity contribution >= 4 is 12.1 Å². The molecule has 1 rings (SSSR count). The van der Waals surface area contributed by atoms with Gasteiger partial charge < -0.3 is 9.57 Å². The molecule has 0 saturated heterocycles. The van der Waals surface area contributed by atoms with E-state index in [0.717, 1.165) is 19.4 Å². The van der Waals surface area contributed by atoms with Gasteiger partial charge >= 0.3 is 12.3 Å². The van der Waals surface area contributed by atoms with Gasteiger partial charge in [-0.1, -0.05) is 6.08 Å². The molecule has 0 atom stereocenters. The minimum atomic E-state index is -4.75. The second-order valence-corrected chi connectivity index (χ2v) is 4.36. The predicted octanol–water partition coefficient (Wildman–Crippen LogP) is 3.72. The number of halogens is 3. The molecule has 0 aliphatic heterocycles. The number of rotatable bonds is 3. The normalized spacial score (nSPS) is 12.2. The Bertz CT molecular complexity index is 669. The lowest BCUT2D eigenvalue weighted by atomic mass is 10.1. The van der Waals surface area contributed by atoms with Crippen molar-refractivity contribution in [2.24, 2.45) is 0 Å². The molecule has 0 N–H and O–H groups in total. The maximum absolute atomic E-state index is 12.9. The Hall–Kier alpha value is -2.84. The first-order valence-corrected chi connectivity index (χ1v) is 6.68. The average Bonchev–Trinajstić information content (AvgIpc) is 2.52. The summed E-state index contributed by atoms with van der Waals surface area (Å²) in [5.74, 6) is -1.04. The first-order valence-electron chi connectivity index (χ1n) is 6.68. The number of carbonyl (C=O) groups excluding carboxylic acids is 2. The Morgan fingerprint density at radius 2 is 1.96 bits per heavy atom. The van der Waals surface area contributed by atoms with Gasteiger partial charge in [-0.3, -0.25) is 9.78 Å². The molecular formula is C15H15F3N2O4. The van der Waals surface area contributed by atoms with Crippen LogP contribution in [-0.2, 0) is 15.8 Å². The van der Waals surface area contributed by atoms with E-state index >= 15 is 0 Å². The molecule has 6 nitrogen and oxygen atoms in total. The number of hydrogen-bond donors (Lipinski definition) is 0. The highest BCUT2D eigenvalue weighted by atomic mass is 19.4. The first kappa shape index (κ1) is 19.2. The molecule has 1 aromatic heterocycles. The van der Waals surface area contributed by atoms with Gasteiger partial charge in [-0.25, -0.2) is 4.79 Å². The van der Waals surface area contributed by atoms with Crippen LogP contribution in [0.25, 0.3) is 0 Å². The van der Waals surface area contributed by atoms with E-state index in [9.17, 15) is 22.8 Å². The summed E-state index contributed by atoms with van der Waals surface area (Å²) in [4.78, 5) is 31.7. The molecule has 0 spiro atoms. The fourth-order valence-corrected chi connectivity index (χ4v) is 1.60. The molecule has 0 bridgehead atoms. The van der Waals surface area contributed by atoms with Crippen LogP contribution >= 0.6 is 0 Å². The van der Waals surface area contributed by atoms with Crippen molar-refractivity contribution in [3.8, 4) is 0 Å². The predicted molar refractivity (Wildman–Crippen MR) is 77.5 cm³/mol. The van der Waals surface area contributed by atoms with E-state index in [4.69, 9.17) is 4.74 Å². The lowest BCUT2D eigenvalue weighted by Crippen LogP contribution is -2.31. The van der Waals surface area contributed by atoms with Gasteiger partial charge in [0.25, 0.3) is 5.91 Å². The molecule has 0 aliphatic carbocycles. The van der Waals surface area contributed by atoms with Crippen LogP contribution in [0.15, 0.2) is 42.4 Å². The zero-order chi connectivity index (χ0) is 18.3. The third-order valence-corrected chi connectivity index (χ3v) is 2.67. The molecule has 1 heterocycles. The molecule has 0 saturated carbocycles. The fraction of sp³-hybridized carbons (Fsp3) is 0.267. The van der Waals surface area contributed by atoms with Crippen molar-refractivity contribution in [3.63, 3.8) is 0 Å². The highest BCUT2D eigenvalue weighted by Gasteiger charge is 2.36. The van der Waals surface area contributed by atoms with Gasteiger partial charge in [0.05, 0.1) is 11.1 Å². The van der Waals surface area contributed by atoms with Crippen LogP contribution in [-0.4, -0.2) is 29.2 Å². The smallest absolute Gasteiger partial charge is 0.394 e. The van der Waals surface area contributed by atoms with E-state index in [-0.39, 0.29) is 5.76 Å². The van der Waals surface area contributed by atoms with Gasteiger partial charge in [-0.05, 0) is 32.1 Å². The molecule has 0 fully saturated rings. The Balaban J connectivity index is 2.88. The summed E-state index contributed by atoms with van der Waals surface area (Å²) in [6.07, 6.45) is 0.159. The summed E-state index contributed by atoms with van der Waals surface area (Å²) in [6.45, 7) is 3.29. The number of amides is 1. The van der Waals surface area contributed by atoms with E-state index in [1.807, 2.05) is 0 Å². The van der Waals surface area contributed by atoms with Crippen LogP contribution in [0.5, 0.6) is 0 Å². The van der Waals surface area contributed by atoms with Crippen LogP contribution in [0, 0.1) is 0 Å². The molecule has 0 aromatic carbocycles. The maximum Gasteiger partial charge on any atom is 0.539 e. The number of pyridine rings is 1. The van der Waals surface area contributed by atoms with E-state index in [1.54, 1.807) is 19.9 Å². The van der Waals surface area contributed by atoms with Crippen molar-refractivity contribution in [2.75, 3.05) is 7.05 Å². The van der Waals surface area contributed by atoms with Gasteiger partial charge in [0.1, 0.15) is 5.76 Å². The number of hydrogen-bond acceptors (Lipinski definition) is 5. The van der Waals surface area contributed by atoms with Crippen molar-refractivity contribution in [3.05, 3.63) is 53.6 Å². The summed E-state index contributed by atoms with van der Waals surface area (Å²) < 4.78 is 43.4. The number of alkyl halides is 3. The average molecular weight is 344 g/mol. The Morgan fingerprint density at radius 1 is 1.29 bits per heavy atom. The van der Waals surface area contributed by atoms with E-state index in [1.165, 1.54) is 12.2 Å². The summed E-state index contributed by atoms with van der Waals surface area (Å²) in [7, 11) is 0.988. The van der Waals surface area contributed by atoms with Crippen LogP contribution in [0.1, 0.15) is 29.8 Å². The Kier molecular flexibility index (Phi) is 6.51. The SMILES string of the molecule is C/C=C\C(=C/C)OC(=O)ON(C)C(=O)c1cnccc1C(F)(F)F. The highest BCUT2D eigenvalue weighted by molar-refractivity contribution is 5.95. The van der Waals surface area contributed by atoms with Crippen LogP contribution in [0.3, 0.4) is 0 Å². The lowest BCUT2D eigenvalue weighted by Gasteiger charge is -2.18. The minimum Gasteiger partial charge on any atom is -0.394 e. The third kappa shape index (κ3) is 5.11. The zero-order valence-electron chi connectivity index (χ0n) is 13.1. The second-order valence-electron chi connectivity index (χ2n) is 4.36. The molecule has 24 heavy (non-hydrogen) atoms. The molecule has 0 radical (unpaired) electrons. The minimum absolute atomic E-state index is 0.153. The Morgan fingerprint density at radius 3 is 2.50 bits per heavy atom.